The minimum Gasteiger partial charge on any atom is -0.285 e. The molecule has 0 fully saturated rings. The molecular weight excluding hydrogens is 214 g/mol. The Morgan fingerprint density at radius 1 is 1.33 bits per heavy atom. The molecule has 1 aromatic rings. The maximum absolute atomic E-state index is 11.5. The van der Waals surface area contributed by atoms with Crippen molar-refractivity contribution < 1.29 is 13.2 Å². The zero-order valence-electron chi connectivity index (χ0n) is 8.52. The van der Waals surface area contributed by atoms with Crippen molar-refractivity contribution in [1.29, 1.82) is 0 Å². The molecule has 0 spiro atoms. The van der Waals surface area contributed by atoms with E-state index in [0.717, 1.165) is 0 Å². The SMILES string of the molecule is CC(C)S(=O)(=O)Nc1cccc([C]=O)c1. The minimum atomic E-state index is -3.36. The highest BCUT2D eigenvalue weighted by atomic mass is 32.2. The first kappa shape index (κ1) is 11.7. The Hall–Kier alpha value is -1.36. The van der Waals surface area contributed by atoms with E-state index in [9.17, 15) is 13.2 Å². The molecule has 0 aliphatic rings. The van der Waals surface area contributed by atoms with Crippen LogP contribution in [-0.4, -0.2) is 20.0 Å². The summed E-state index contributed by atoms with van der Waals surface area (Å²) in [6, 6.07) is 6.17. The van der Waals surface area contributed by atoms with Gasteiger partial charge < -0.3 is 0 Å². The first-order chi connectivity index (χ1) is 6.95. The molecule has 81 valence electrons. The lowest BCUT2D eigenvalue weighted by molar-refractivity contribution is 0.562. The van der Waals surface area contributed by atoms with Crippen molar-refractivity contribution in [3.05, 3.63) is 29.8 Å². The fraction of sp³-hybridized carbons (Fsp3) is 0.300. The molecule has 1 N–H and O–H groups in total. The summed E-state index contributed by atoms with van der Waals surface area (Å²) in [5.41, 5.74) is 0.698. The number of hydrogen-bond acceptors (Lipinski definition) is 3. The van der Waals surface area contributed by atoms with Gasteiger partial charge in [0.05, 0.1) is 5.25 Å². The number of rotatable bonds is 4. The largest absolute Gasteiger partial charge is 0.285 e. The number of benzene rings is 1. The summed E-state index contributed by atoms with van der Waals surface area (Å²) in [5, 5.41) is -0.513. The Morgan fingerprint density at radius 3 is 2.53 bits per heavy atom. The van der Waals surface area contributed by atoms with Gasteiger partial charge in [-0.1, -0.05) is 12.1 Å². The predicted octanol–water partition coefficient (Wildman–Crippen LogP) is 1.29. The molecule has 4 nitrogen and oxygen atoms in total. The van der Waals surface area contributed by atoms with Crippen LogP contribution >= 0.6 is 0 Å². The Morgan fingerprint density at radius 2 is 2.00 bits per heavy atom. The van der Waals surface area contributed by atoms with Gasteiger partial charge in [0.1, 0.15) is 0 Å². The number of hydrogen-bond donors (Lipinski definition) is 1. The first-order valence-electron chi connectivity index (χ1n) is 4.45. The van der Waals surface area contributed by atoms with Gasteiger partial charge in [-0.05, 0) is 26.0 Å². The van der Waals surface area contributed by atoms with E-state index in [1.54, 1.807) is 38.3 Å². The van der Waals surface area contributed by atoms with Crippen molar-refractivity contribution in [3.8, 4) is 0 Å². The van der Waals surface area contributed by atoms with Crippen LogP contribution < -0.4 is 4.72 Å². The van der Waals surface area contributed by atoms with Gasteiger partial charge in [0, 0.05) is 11.3 Å². The van der Waals surface area contributed by atoms with E-state index in [0.29, 0.717) is 11.3 Å². The fourth-order valence-electron chi connectivity index (χ4n) is 0.928. The third-order valence-electron chi connectivity index (χ3n) is 1.86. The minimum absolute atomic E-state index is 0.318. The first-order valence-corrected chi connectivity index (χ1v) is 6.00. The Kier molecular flexibility index (Phi) is 3.47. The lowest BCUT2D eigenvalue weighted by atomic mass is 10.2. The molecule has 5 heteroatoms. The van der Waals surface area contributed by atoms with E-state index in [1.807, 2.05) is 0 Å². The average Bonchev–Trinajstić information content (AvgIpc) is 2.17. The molecule has 15 heavy (non-hydrogen) atoms. The Bertz CT molecular complexity index is 451. The Balaban J connectivity index is 2.95. The zero-order chi connectivity index (χ0) is 11.5. The monoisotopic (exact) mass is 226 g/mol. The van der Waals surface area contributed by atoms with Crippen LogP contribution in [-0.2, 0) is 14.8 Å². The average molecular weight is 226 g/mol. The molecule has 0 heterocycles. The molecule has 0 unspecified atom stereocenters. The summed E-state index contributed by atoms with van der Waals surface area (Å²) in [5.74, 6) is 0. The van der Waals surface area contributed by atoms with Gasteiger partial charge in [0.15, 0.2) is 0 Å². The quantitative estimate of drug-likeness (QED) is 0.841. The van der Waals surface area contributed by atoms with Crippen molar-refractivity contribution in [2.75, 3.05) is 4.72 Å². The van der Waals surface area contributed by atoms with E-state index >= 15 is 0 Å². The summed E-state index contributed by atoms with van der Waals surface area (Å²) in [6.07, 6.45) is 1.70. The lowest BCUT2D eigenvalue weighted by Crippen LogP contribution is -2.22. The van der Waals surface area contributed by atoms with Gasteiger partial charge in [-0.15, -0.1) is 0 Å². The molecular formula is C10H12NO3S. The zero-order valence-corrected chi connectivity index (χ0v) is 9.34. The normalized spacial score (nSPS) is 11.4. The van der Waals surface area contributed by atoms with Gasteiger partial charge in [-0.3, -0.25) is 9.52 Å². The van der Waals surface area contributed by atoms with Gasteiger partial charge in [-0.25, -0.2) is 8.42 Å². The van der Waals surface area contributed by atoms with E-state index in [4.69, 9.17) is 0 Å². The van der Waals surface area contributed by atoms with Gasteiger partial charge in [0.2, 0.25) is 16.3 Å². The molecule has 1 rings (SSSR count). The van der Waals surface area contributed by atoms with Gasteiger partial charge >= 0.3 is 0 Å². The molecule has 0 bridgehead atoms. The van der Waals surface area contributed by atoms with Crippen molar-refractivity contribution in [2.24, 2.45) is 0 Å². The van der Waals surface area contributed by atoms with Crippen molar-refractivity contribution >= 4 is 22.0 Å². The van der Waals surface area contributed by atoms with E-state index < -0.39 is 15.3 Å². The van der Waals surface area contributed by atoms with Crippen LogP contribution in [0, 0.1) is 0 Å². The predicted molar refractivity (Wildman–Crippen MR) is 58.9 cm³/mol. The highest BCUT2D eigenvalue weighted by Crippen LogP contribution is 2.12. The molecule has 0 amide bonds. The van der Waals surface area contributed by atoms with Crippen LogP contribution in [0.5, 0.6) is 0 Å². The summed E-state index contributed by atoms with van der Waals surface area (Å²) in [4.78, 5) is 10.4. The number of sulfonamides is 1. The standard InChI is InChI=1S/C10H12NO3S/c1-8(2)15(13,14)11-10-5-3-4-9(6-10)7-12/h3-6,8,11H,1-2H3. The number of anilines is 1. The molecule has 1 aromatic carbocycles. The smallest absolute Gasteiger partial charge is 0.235 e. The maximum Gasteiger partial charge on any atom is 0.235 e. The second-order valence-electron chi connectivity index (χ2n) is 3.38. The van der Waals surface area contributed by atoms with Crippen LogP contribution in [0.1, 0.15) is 19.4 Å². The van der Waals surface area contributed by atoms with Gasteiger partial charge in [-0.2, -0.15) is 0 Å². The molecule has 0 saturated heterocycles. The number of nitrogens with one attached hydrogen (secondary N) is 1. The van der Waals surface area contributed by atoms with Crippen LogP contribution in [0.15, 0.2) is 24.3 Å². The van der Waals surface area contributed by atoms with Crippen molar-refractivity contribution in [1.82, 2.24) is 0 Å². The maximum atomic E-state index is 11.5. The van der Waals surface area contributed by atoms with E-state index in [2.05, 4.69) is 4.72 Å². The van der Waals surface area contributed by atoms with Crippen molar-refractivity contribution in [3.63, 3.8) is 0 Å². The summed E-state index contributed by atoms with van der Waals surface area (Å²) in [7, 11) is -3.36. The summed E-state index contributed by atoms with van der Waals surface area (Å²) >= 11 is 0. The second kappa shape index (κ2) is 4.44. The highest BCUT2D eigenvalue weighted by Gasteiger charge is 2.15. The molecule has 0 aliphatic heterocycles. The van der Waals surface area contributed by atoms with E-state index in [-0.39, 0.29) is 0 Å². The number of carbonyl (C=O) groups excluding carboxylic acids is 1. The van der Waals surface area contributed by atoms with Crippen LogP contribution in [0.25, 0.3) is 0 Å². The highest BCUT2D eigenvalue weighted by molar-refractivity contribution is 7.93. The second-order valence-corrected chi connectivity index (χ2v) is 5.62. The van der Waals surface area contributed by atoms with Crippen molar-refractivity contribution in [2.45, 2.75) is 19.1 Å². The topological polar surface area (TPSA) is 63.2 Å². The molecule has 0 aliphatic carbocycles. The summed E-state index contributed by atoms with van der Waals surface area (Å²) < 4.78 is 25.4. The third kappa shape index (κ3) is 3.06. The fourth-order valence-corrected chi connectivity index (χ4v) is 1.62. The van der Waals surface area contributed by atoms with Gasteiger partial charge in [0.25, 0.3) is 0 Å². The molecule has 1 radical (unpaired) electrons. The molecule has 0 saturated carbocycles. The lowest BCUT2D eigenvalue weighted by Gasteiger charge is -2.10. The van der Waals surface area contributed by atoms with Crippen LogP contribution in [0.4, 0.5) is 5.69 Å². The third-order valence-corrected chi connectivity index (χ3v) is 3.62. The van der Waals surface area contributed by atoms with Crippen LogP contribution in [0.2, 0.25) is 0 Å². The summed E-state index contributed by atoms with van der Waals surface area (Å²) in [6.45, 7) is 3.16. The van der Waals surface area contributed by atoms with E-state index in [1.165, 1.54) is 6.07 Å². The molecule has 0 aromatic heterocycles. The van der Waals surface area contributed by atoms with Crippen LogP contribution in [0.3, 0.4) is 0 Å². The molecule has 0 atom stereocenters. The Labute approximate surface area is 89.4 Å².